The van der Waals surface area contributed by atoms with Crippen LogP contribution >= 0.6 is 0 Å². The first-order valence-electron chi connectivity index (χ1n) is 7.37. The number of hydrogen-bond acceptors (Lipinski definition) is 3. The Labute approximate surface area is 122 Å². The quantitative estimate of drug-likeness (QED) is 0.591. The molecule has 0 bridgehead atoms. The normalized spacial score (nSPS) is 13.2. The van der Waals surface area contributed by atoms with Gasteiger partial charge in [-0.2, -0.15) is 0 Å². The summed E-state index contributed by atoms with van der Waals surface area (Å²) in [5, 5.41) is 14.7. The third-order valence-corrected chi connectivity index (χ3v) is 3.14. The maximum atomic E-state index is 11.8. The summed E-state index contributed by atoms with van der Waals surface area (Å²) in [6, 6.07) is 0.0108. The highest BCUT2D eigenvalue weighted by molar-refractivity contribution is 5.81. The molecule has 0 aliphatic carbocycles. The summed E-state index contributed by atoms with van der Waals surface area (Å²) in [5.41, 5.74) is -0.397. The molecule has 0 spiro atoms. The van der Waals surface area contributed by atoms with Gasteiger partial charge in [-0.3, -0.25) is 9.59 Å². The second-order valence-electron chi connectivity index (χ2n) is 6.54. The number of nitrogens with one attached hydrogen (secondary N) is 2. The average molecular weight is 286 g/mol. The molecule has 20 heavy (non-hydrogen) atoms. The lowest BCUT2D eigenvalue weighted by molar-refractivity contribution is -0.128. The van der Waals surface area contributed by atoms with E-state index >= 15 is 0 Å². The van der Waals surface area contributed by atoms with Gasteiger partial charge in [0.1, 0.15) is 0 Å². The number of carbonyl (C=O) groups excluding carboxylic acids is 2. The number of carbonyl (C=O) groups is 2. The summed E-state index contributed by atoms with van der Waals surface area (Å²) in [6.07, 6.45) is 1.58. The minimum atomic E-state index is -0.397. The number of aliphatic hydroxyl groups is 1. The van der Waals surface area contributed by atoms with Crippen molar-refractivity contribution >= 4 is 11.8 Å². The molecule has 5 heteroatoms. The molecular weight excluding hydrogens is 256 g/mol. The molecule has 0 saturated heterocycles. The van der Waals surface area contributed by atoms with Crippen molar-refractivity contribution in [2.75, 3.05) is 13.2 Å². The van der Waals surface area contributed by atoms with Crippen LogP contribution in [0.15, 0.2) is 0 Å². The van der Waals surface area contributed by atoms with E-state index in [1.165, 1.54) is 0 Å². The fraction of sp³-hybridized carbons (Fsp3) is 0.867. The van der Waals surface area contributed by atoms with E-state index in [9.17, 15) is 9.59 Å². The molecule has 0 aromatic heterocycles. The van der Waals surface area contributed by atoms with Crippen LogP contribution in [0, 0.1) is 11.3 Å². The number of amides is 2. The topological polar surface area (TPSA) is 78.4 Å². The number of aliphatic hydroxyl groups excluding tert-OH is 1. The van der Waals surface area contributed by atoms with E-state index in [2.05, 4.69) is 10.6 Å². The predicted octanol–water partition coefficient (Wildman–Crippen LogP) is 1.45. The minimum absolute atomic E-state index is 0.00162. The van der Waals surface area contributed by atoms with Crippen molar-refractivity contribution in [2.24, 2.45) is 11.3 Å². The molecule has 1 unspecified atom stereocenters. The summed E-state index contributed by atoms with van der Waals surface area (Å²) in [4.78, 5) is 23.4. The molecule has 0 heterocycles. The molecule has 0 aromatic rings. The molecule has 0 radical (unpaired) electrons. The van der Waals surface area contributed by atoms with Gasteiger partial charge in [-0.05, 0) is 18.8 Å². The van der Waals surface area contributed by atoms with Crippen LogP contribution in [0.3, 0.4) is 0 Å². The van der Waals surface area contributed by atoms with Gasteiger partial charge >= 0.3 is 0 Å². The van der Waals surface area contributed by atoms with Gasteiger partial charge in [-0.1, -0.05) is 34.6 Å². The van der Waals surface area contributed by atoms with E-state index in [1.807, 2.05) is 34.6 Å². The zero-order valence-electron chi connectivity index (χ0n) is 13.5. The van der Waals surface area contributed by atoms with Crippen molar-refractivity contribution < 1.29 is 14.7 Å². The van der Waals surface area contributed by atoms with Gasteiger partial charge in [0.15, 0.2) is 0 Å². The summed E-state index contributed by atoms with van der Waals surface area (Å²) >= 11 is 0. The lowest BCUT2D eigenvalue weighted by Gasteiger charge is -2.21. The van der Waals surface area contributed by atoms with E-state index in [0.29, 0.717) is 31.7 Å². The van der Waals surface area contributed by atoms with Gasteiger partial charge in [0.25, 0.3) is 0 Å². The smallest absolute Gasteiger partial charge is 0.225 e. The van der Waals surface area contributed by atoms with Crippen LogP contribution in [0.2, 0.25) is 0 Å². The molecule has 0 aliphatic rings. The van der Waals surface area contributed by atoms with Crippen molar-refractivity contribution in [2.45, 2.75) is 59.9 Å². The Kier molecular flexibility index (Phi) is 8.46. The molecule has 118 valence electrons. The first-order valence-corrected chi connectivity index (χ1v) is 7.37. The maximum Gasteiger partial charge on any atom is 0.225 e. The Hall–Kier alpha value is -1.10. The molecule has 5 nitrogen and oxygen atoms in total. The fourth-order valence-corrected chi connectivity index (χ4v) is 1.71. The standard InChI is InChI=1S/C15H30N2O3/c1-11(2)12(8-10-18)17-13(19)7-6-9-16-14(20)15(3,4)5/h11-12,18H,6-10H2,1-5H3,(H,16,20)(H,17,19). The van der Waals surface area contributed by atoms with E-state index < -0.39 is 5.41 Å². The number of hydrogen-bond donors (Lipinski definition) is 3. The lowest BCUT2D eigenvalue weighted by atomic mass is 9.96. The summed E-state index contributed by atoms with van der Waals surface area (Å²) in [5.74, 6) is 0.270. The van der Waals surface area contributed by atoms with Crippen molar-refractivity contribution in [1.82, 2.24) is 10.6 Å². The van der Waals surface area contributed by atoms with Crippen LogP contribution in [0.1, 0.15) is 53.9 Å². The van der Waals surface area contributed by atoms with E-state index in [4.69, 9.17) is 5.11 Å². The van der Waals surface area contributed by atoms with E-state index in [1.54, 1.807) is 0 Å². The van der Waals surface area contributed by atoms with Crippen LogP contribution in [-0.4, -0.2) is 36.1 Å². The zero-order chi connectivity index (χ0) is 15.8. The highest BCUT2D eigenvalue weighted by Crippen LogP contribution is 2.12. The highest BCUT2D eigenvalue weighted by atomic mass is 16.3. The molecule has 0 saturated carbocycles. The van der Waals surface area contributed by atoms with Crippen molar-refractivity contribution in [3.63, 3.8) is 0 Å². The molecule has 3 N–H and O–H groups in total. The monoisotopic (exact) mass is 286 g/mol. The Bertz CT molecular complexity index is 309. The van der Waals surface area contributed by atoms with Gasteiger partial charge in [0.2, 0.25) is 11.8 Å². The van der Waals surface area contributed by atoms with Crippen molar-refractivity contribution in [1.29, 1.82) is 0 Å². The van der Waals surface area contributed by atoms with Crippen molar-refractivity contribution in [3.05, 3.63) is 0 Å². The fourth-order valence-electron chi connectivity index (χ4n) is 1.71. The minimum Gasteiger partial charge on any atom is -0.396 e. The molecular formula is C15H30N2O3. The first-order chi connectivity index (χ1) is 9.18. The molecule has 0 rings (SSSR count). The van der Waals surface area contributed by atoms with E-state index in [-0.39, 0.29) is 24.5 Å². The molecule has 1 atom stereocenters. The largest absolute Gasteiger partial charge is 0.396 e. The summed E-state index contributed by atoms with van der Waals surface area (Å²) in [7, 11) is 0. The van der Waals surface area contributed by atoms with Gasteiger partial charge < -0.3 is 15.7 Å². The zero-order valence-corrected chi connectivity index (χ0v) is 13.5. The lowest BCUT2D eigenvalue weighted by Crippen LogP contribution is -2.40. The molecule has 0 aliphatic heterocycles. The van der Waals surface area contributed by atoms with Crippen molar-refractivity contribution in [3.8, 4) is 0 Å². The van der Waals surface area contributed by atoms with Gasteiger partial charge in [-0.15, -0.1) is 0 Å². The first kappa shape index (κ1) is 18.9. The second-order valence-corrected chi connectivity index (χ2v) is 6.54. The van der Waals surface area contributed by atoms with Crippen LogP contribution in [-0.2, 0) is 9.59 Å². The van der Waals surface area contributed by atoms with Gasteiger partial charge in [0.05, 0.1) is 0 Å². The summed E-state index contributed by atoms with van der Waals surface area (Å²) < 4.78 is 0. The number of rotatable bonds is 8. The van der Waals surface area contributed by atoms with Crippen LogP contribution in [0.5, 0.6) is 0 Å². The Morgan fingerprint density at radius 2 is 1.80 bits per heavy atom. The Balaban J connectivity index is 3.91. The summed E-state index contributed by atoms with van der Waals surface area (Å²) in [6.45, 7) is 10.2. The Morgan fingerprint density at radius 3 is 2.25 bits per heavy atom. The average Bonchev–Trinajstić information content (AvgIpc) is 2.32. The van der Waals surface area contributed by atoms with Crippen LogP contribution in [0.4, 0.5) is 0 Å². The third kappa shape index (κ3) is 8.15. The van der Waals surface area contributed by atoms with Crippen LogP contribution in [0.25, 0.3) is 0 Å². The second kappa shape index (κ2) is 8.95. The van der Waals surface area contributed by atoms with E-state index in [0.717, 1.165) is 0 Å². The third-order valence-electron chi connectivity index (χ3n) is 3.14. The SMILES string of the molecule is CC(C)C(CCO)NC(=O)CCCNC(=O)C(C)(C)C. The maximum absolute atomic E-state index is 11.8. The van der Waals surface area contributed by atoms with Crippen LogP contribution < -0.4 is 10.6 Å². The molecule has 0 aromatic carbocycles. The predicted molar refractivity (Wildman–Crippen MR) is 80.2 cm³/mol. The van der Waals surface area contributed by atoms with Gasteiger partial charge in [-0.25, -0.2) is 0 Å². The highest BCUT2D eigenvalue weighted by Gasteiger charge is 2.20. The molecule has 2 amide bonds. The Morgan fingerprint density at radius 1 is 1.20 bits per heavy atom. The van der Waals surface area contributed by atoms with Gasteiger partial charge in [0, 0.05) is 31.0 Å². The molecule has 0 fully saturated rings.